The highest BCUT2D eigenvalue weighted by atomic mass is 35.5. The van der Waals surface area contributed by atoms with Gasteiger partial charge in [0.05, 0.1) is 10.8 Å². The lowest BCUT2D eigenvalue weighted by Gasteiger charge is -2.04. The number of halogens is 1. The molecule has 1 atom stereocenters. The van der Waals surface area contributed by atoms with E-state index in [9.17, 15) is 4.79 Å². The Labute approximate surface area is 78.8 Å². The molecule has 1 heterocycles. The van der Waals surface area contributed by atoms with Gasteiger partial charge in [0, 0.05) is 6.04 Å². The molecule has 3 N–H and O–H groups in total. The molecule has 1 aromatic heterocycles. The summed E-state index contributed by atoms with van der Waals surface area (Å²) in [7, 11) is 0. The highest BCUT2D eigenvalue weighted by molar-refractivity contribution is 7.14. The second kappa shape index (κ2) is 3.89. The molecule has 0 unspecified atom stereocenters. The van der Waals surface area contributed by atoms with Crippen molar-refractivity contribution in [1.82, 2.24) is 0 Å². The summed E-state index contributed by atoms with van der Waals surface area (Å²) in [6, 6.07) is 1.24. The van der Waals surface area contributed by atoms with Gasteiger partial charge in [0.2, 0.25) is 0 Å². The molecule has 1 rings (SSSR count). The lowest BCUT2D eigenvalue weighted by molar-refractivity contribution is -0.137. The second-order valence-electron chi connectivity index (χ2n) is 2.39. The van der Waals surface area contributed by atoms with Gasteiger partial charge in [-0.1, -0.05) is 11.6 Å². The van der Waals surface area contributed by atoms with Crippen LogP contribution in [0.5, 0.6) is 0 Å². The highest BCUT2D eigenvalue weighted by Gasteiger charge is 2.11. The van der Waals surface area contributed by atoms with Crippen LogP contribution in [0.25, 0.3) is 0 Å². The first-order valence-electron chi connectivity index (χ1n) is 3.31. The van der Waals surface area contributed by atoms with E-state index >= 15 is 0 Å². The largest absolute Gasteiger partial charge is 0.481 e. The van der Waals surface area contributed by atoms with Crippen LogP contribution in [0.15, 0.2) is 11.4 Å². The van der Waals surface area contributed by atoms with E-state index in [4.69, 9.17) is 22.4 Å². The number of rotatable bonds is 3. The molecule has 0 bridgehead atoms. The molecule has 66 valence electrons. The van der Waals surface area contributed by atoms with Crippen LogP contribution in [0, 0.1) is 0 Å². The van der Waals surface area contributed by atoms with Gasteiger partial charge in [0.1, 0.15) is 0 Å². The Bertz CT molecular complexity index is 287. The normalized spacial score (nSPS) is 12.8. The third kappa shape index (κ3) is 2.48. The summed E-state index contributed by atoms with van der Waals surface area (Å²) >= 11 is 7.01. The zero-order valence-electron chi connectivity index (χ0n) is 6.16. The van der Waals surface area contributed by atoms with Gasteiger partial charge in [-0.3, -0.25) is 4.79 Å². The smallest absolute Gasteiger partial charge is 0.305 e. The minimum atomic E-state index is -0.898. The predicted molar refractivity (Wildman–Crippen MR) is 48.5 cm³/mol. The maximum Gasteiger partial charge on any atom is 0.305 e. The number of nitrogens with two attached hydrogens (primary N) is 1. The summed E-state index contributed by atoms with van der Waals surface area (Å²) in [5.74, 6) is -0.898. The molecule has 0 aliphatic heterocycles. The fourth-order valence-corrected chi connectivity index (χ4v) is 1.78. The Morgan fingerprint density at radius 3 is 2.92 bits per heavy atom. The van der Waals surface area contributed by atoms with Crippen LogP contribution < -0.4 is 5.73 Å². The molecule has 0 aromatic carbocycles. The molecule has 0 amide bonds. The average Bonchev–Trinajstić information content (AvgIpc) is 2.34. The molecular formula is C7H8ClNO2S. The fraction of sp³-hybridized carbons (Fsp3) is 0.286. The maximum absolute atomic E-state index is 10.3. The zero-order valence-corrected chi connectivity index (χ0v) is 7.73. The van der Waals surface area contributed by atoms with Crippen molar-refractivity contribution < 1.29 is 9.90 Å². The van der Waals surface area contributed by atoms with Crippen LogP contribution in [0.2, 0.25) is 4.34 Å². The van der Waals surface area contributed by atoms with Crippen LogP contribution in [-0.2, 0) is 4.79 Å². The molecule has 0 aliphatic rings. The standard InChI is InChI=1S/C7H8ClNO2S/c8-6-1-4(3-12-6)5(9)2-7(10)11/h1,3,5H,2,9H2,(H,10,11)/t5-/m1/s1. The van der Waals surface area contributed by atoms with E-state index in [0.717, 1.165) is 5.56 Å². The molecule has 0 saturated carbocycles. The Kier molecular flexibility index (Phi) is 3.08. The van der Waals surface area contributed by atoms with Gasteiger partial charge in [0.15, 0.2) is 0 Å². The van der Waals surface area contributed by atoms with Crippen molar-refractivity contribution in [2.45, 2.75) is 12.5 Å². The summed E-state index contributed by atoms with van der Waals surface area (Å²) in [5.41, 5.74) is 6.36. The first-order chi connectivity index (χ1) is 5.59. The third-order valence-electron chi connectivity index (χ3n) is 1.41. The van der Waals surface area contributed by atoms with Crippen molar-refractivity contribution in [3.63, 3.8) is 0 Å². The van der Waals surface area contributed by atoms with Crippen molar-refractivity contribution in [1.29, 1.82) is 0 Å². The lowest BCUT2D eigenvalue weighted by atomic mass is 10.1. The Morgan fingerprint density at radius 2 is 2.50 bits per heavy atom. The molecule has 1 aromatic rings. The van der Waals surface area contributed by atoms with E-state index in [1.54, 1.807) is 11.4 Å². The molecule has 12 heavy (non-hydrogen) atoms. The lowest BCUT2D eigenvalue weighted by Crippen LogP contribution is -2.13. The van der Waals surface area contributed by atoms with Crippen molar-refractivity contribution in [2.24, 2.45) is 5.73 Å². The summed E-state index contributed by atoms with van der Waals surface area (Å²) < 4.78 is 0.630. The van der Waals surface area contributed by atoms with Gasteiger partial charge in [-0.05, 0) is 17.0 Å². The van der Waals surface area contributed by atoms with Gasteiger partial charge < -0.3 is 10.8 Å². The summed E-state index contributed by atoms with van der Waals surface area (Å²) in [5, 5.41) is 10.2. The van der Waals surface area contributed by atoms with Crippen LogP contribution in [0.1, 0.15) is 18.0 Å². The van der Waals surface area contributed by atoms with E-state index in [1.807, 2.05) is 0 Å². The van der Waals surface area contributed by atoms with Crippen LogP contribution >= 0.6 is 22.9 Å². The van der Waals surface area contributed by atoms with Crippen LogP contribution in [0.4, 0.5) is 0 Å². The van der Waals surface area contributed by atoms with Gasteiger partial charge >= 0.3 is 5.97 Å². The van der Waals surface area contributed by atoms with Gasteiger partial charge in [-0.2, -0.15) is 0 Å². The number of aliphatic carboxylic acids is 1. The maximum atomic E-state index is 10.3. The van der Waals surface area contributed by atoms with Crippen LogP contribution in [-0.4, -0.2) is 11.1 Å². The number of thiophene rings is 1. The molecule has 5 heteroatoms. The Hall–Kier alpha value is -0.580. The monoisotopic (exact) mass is 205 g/mol. The average molecular weight is 206 g/mol. The third-order valence-corrected chi connectivity index (χ3v) is 2.52. The van der Waals surface area contributed by atoms with E-state index in [-0.39, 0.29) is 6.42 Å². The number of carboxylic acids is 1. The predicted octanol–water partition coefficient (Wildman–Crippen LogP) is 1.88. The second-order valence-corrected chi connectivity index (χ2v) is 3.93. The van der Waals surface area contributed by atoms with Crippen LogP contribution in [0.3, 0.4) is 0 Å². The van der Waals surface area contributed by atoms with Crippen molar-refractivity contribution >= 4 is 28.9 Å². The van der Waals surface area contributed by atoms with E-state index in [2.05, 4.69) is 0 Å². The van der Waals surface area contributed by atoms with Gasteiger partial charge in [-0.15, -0.1) is 11.3 Å². The van der Waals surface area contributed by atoms with Gasteiger partial charge in [0.25, 0.3) is 0 Å². The fourth-order valence-electron chi connectivity index (χ4n) is 0.824. The molecule has 0 radical (unpaired) electrons. The Morgan fingerprint density at radius 1 is 1.83 bits per heavy atom. The molecule has 0 spiro atoms. The van der Waals surface area contributed by atoms with E-state index in [1.165, 1.54) is 11.3 Å². The van der Waals surface area contributed by atoms with Crippen molar-refractivity contribution in [3.05, 3.63) is 21.3 Å². The van der Waals surface area contributed by atoms with Gasteiger partial charge in [-0.25, -0.2) is 0 Å². The Balaban J connectivity index is 2.64. The summed E-state index contributed by atoms with van der Waals surface area (Å²) in [6.07, 6.45) is -0.0624. The van der Waals surface area contributed by atoms with E-state index in [0.29, 0.717) is 4.34 Å². The number of carbonyl (C=O) groups is 1. The van der Waals surface area contributed by atoms with E-state index < -0.39 is 12.0 Å². The first kappa shape index (κ1) is 9.51. The highest BCUT2D eigenvalue weighted by Crippen LogP contribution is 2.24. The number of hydrogen-bond acceptors (Lipinski definition) is 3. The first-order valence-corrected chi connectivity index (χ1v) is 4.56. The zero-order chi connectivity index (χ0) is 9.14. The summed E-state index contributed by atoms with van der Waals surface area (Å²) in [6.45, 7) is 0. The summed E-state index contributed by atoms with van der Waals surface area (Å²) in [4.78, 5) is 10.3. The molecule has 0 fully saturated rings. The number of carboxylic acid groups (broad SMARTS) is 1. The molecule has 0 aliphatic carbocycles. The molecule has 0 saturated heterocycles. The van der Waals surface area contributed by atoms with Crippen molar-refractivity contribution in [3.8, 4) is 0 Å². The minimum absolute atomic E-state index is 0.0624. The quantitative estimate of drug-likeness (QED) is 0.792. The topological polar surface area (TPSA) is 63.3 Å². The SMILES string of the molecule is N[C@H](CC(=O)O)c1csc(Cl)c1. The number of hydrogen-bond donors (Lipinski definition) is 2. The van der Waals surface area contributed by atoms with Crippen molar-refractivity contribution in [2.75, 3.05) is 0 Å². The molecule has 3 nitrogen and oxygen atoms in total. The minimum Gasteiger partial charge on any atom is -0.481 e. The molecular weight excluding hydrogens is 198 g/mol.